The minimum Gasteiger partial charge on any atom is -0.495 e. The van der Waals surface area contributed by atoms with Crippen molar-refractivity contribution in [1.29, 1.82) is 0 Å². The minimum absolute atomic E-state index is 0.127. The van der Waals surface area contributed by atoms with Crippen LogP contribution in [-0.4, -0.2) is 23.3 Å². The molecule has 0 aliphatic heterocycles. The second kappa shape index (κ2) is 8.55. The van der Waals surface area contributed by atoms with E-state index in [1.54, 1.807) is 19.1 Å². The first-order valence-corrected chi connectivity index (χ1v) is 10.6. The van der Waals surface area contributed by atoms with Crippen LogP contribution < -0.4 is 10.1 Å². The largest absolute Gasteiger partial charge is 0.495 e. The zero-order valence-electron chi connectivity index (χ0n) is 16.8. The Bertz CT molecular complexity index is 1320. The molecule has 1 amide bonds. The van der Waals surface area contributed by atoms with E-state index in [0.29, 0.717) is 28.8 Å². The summed E-state index contributed by atoms with van der Waals surface area (Å²) >= 11 is 6.90. The number of halogens is 4. The molecule has 32 heavy (non-hydrogen) atoms. The summed E-state index contributed by atoms with van der Waals surface area (Å²) in [5.74, 6) is 0.0433. The SMILES string of the molecule is COc1cc2c(cc1NC(=O)C(C)Sc1ncc(C(F)(F)F)cc1Cl)oc1ccccc12. The van der Waals surface area contributed by atoms with Gasteiger partial charge in [-0.1, -0.05) is 41.6 Å². The number of hydrogen-bond donors (Lipinski definition) is 1. The fraction of sp³-hybridized carbons (Fsp3) is 0.182. The van der Waals surface area contributed by atoms with E-state index in [1.807, 2.05) is 24.3 Å². The number of aromatic nitrogens is 1. The molecular formula is C22H16ClF3N2O3S. The molecule has 4 rings (SSSR count). The third-order valence-corrected chi connectivity index (χ3v) is 6.27. The van der Waals surface area contributed by atoms with Gasteiger partial charge in [0.15, 0.2) is 0 Å². The van der Waals surface area contributed by atoms with Crippen molar-refractivity contribution in [2.24, 2.45) is 0 Å². The van der Waals surface area contributed by atoms with Crippen LogP contribution in [-0.2, 0) is 11.0 Å². The summed E-state index contributed by atoms with van der Waals surface area (Å²) < 4.78 is 49.7. The Morgan fingerprint density at radius 1 is 1.19 bits per heavy atom. The van der Waals surface area contributed by atoms with Gasteiger partial charge < -0.3 is 14.5 Å². The lowest BCUT2D eigenvalue weighted by molar-refractivity contribution is -0.137. The summed E-state index contributed by atoms with van der Waals surface area (Å²) in [6.07, 6.45) is -3.86. The maximum Gasteiger partial charge on any atom is 0.417 e. The molecule has 0 radical (unpaired) electrons. The molecule has 5 nitrogen and oxygen atoms in total. The summed E-state index contributed by atoms with van der Waals surface area (Å²) in [6.45, 7) is 1.60. The highest BCUT2D eigenvalue weighted by atomic mass is 35.5. The molecule has 0 saturated heterocycles. The fourth-order valence-electron chi connectivity index (χ4n) is 3.14. The Kier molecular flexibility index (Phi) is 5.96. The number of nitrogens with one attached hydrogen (secondary N) is 1. The molecule has 4 aromatic rings. The van der Waals surface area contributed by atoms with Crippen LogP contribution in [0.3, 0.4) is 0 Å². The quantitative estimate of drug-likeness (QED) is 0.319. The van der Waals surface area contributed by atoms with Crippen molar-refractivity contribution in [2.45, 2.75) is 23.4 Å². The van der Waals surface area contributed by atoms with Gasteiger partial charge in [0.25, 0.3) is 0 Å². The second-order valence-electron chi connectivity index (χ2n) is 6.90. The number of alkyl halides is 3. The number of anilines is 1. The second-order valence-corrected chi connectivity index (χ2v) is 8.64. The highest BCUT2D eigenvalue weighted by Crippen LogP contribution is 2.38. The fourth-order valence-corrected chi connectivity index (χ4v) is 4.23. The van der Waals surface area contributed by atoms with Crippen molar-refractivity contribution in [1.82, 2.24) is 4.98 Å². The Balaban J connectivity index is 1.56. The molecule has 166 valence electrons. The normalized spacial score (nSPS) is 12.8. The smallest absolute Gasteiger partial charge is 0.417 e. The summed E-state index contributed by atoms with van der Waals surface area (Å²) in [6, 6.07) is 11.8. The molecule has 0 spiro atoms. The molecule has 2 aromatic heterocycles. The van der Waals surface area contributed by atoms with Gasteiger partial charge in [0, 0.05) is 23.0 Å². The number of ether oxygens (including phenoxy) is 1. The number of benzene rings is 2. The van der Waals surface area contributed by atoms with Gasteiger partial charge in [-0.3, -0.25) is 4.79 Å². The highest BCUT2D eigenvalue weighted by Gasteiger charge is 2.32. The highest BCUT2D eigenvalue weighted by molar-refractivity contribution is 8.00. The Morgan fingerprint density at radius 2 is 1.94 bits per heavy atom. The van der Waals surface area contributed by atoms with Crippen molar-refractivity contribution < 1.29 is 27.1 Å². The van der Waals surface area contributed by atoms with Gasteiger partial charge in [-0.25, -0.2) is 4.98 Å². The standard InChI is InChI=1S/C22H16ClF3N2O3S/c1-11(32-21-15(23)7-12(10-27-21)22(24,25)26)20(29)28-16-9-18-14(8-19(16)30-2)13-5-3-4-6-17(13)31-18/h3-11H,1-2H3,(H,28,29). The number of carbonyl (C=O) groups excluding carboxylic acids is 1. The predicted octanol–water partition coefficient (Wildman–Crippen LogP) is 6.78. The van der Waals surface area contributed by atoms with Crippen LogP contribution in [0, 0.1) is 0 Å². The van der Waals surface area contributed by atoms with Gasteiger partial charge >= 0.3 is 6.18 Å². The van der Waals surface area contributed by atoms with Crippen molar-refractivity contribution in [3.63, 3.8) is 0 Å². The summed E-state index contributed by atoms with van der Waals surface area (Å²) in [7, 11) is 1.49. The lowest BCUT2D eigenvalue weighted by Gasteiger charge is -2.15. The molecule has 2 heterocycles. The van der Waals surface area contributed by atoms with Gasteiger partial charge in [0.1, 0.15) is 21.9 Å². The number of amides is 1. The summed E-state index contributed by atoms with van der Waals surface area (Å²) in [5.41, 5.74) is 0.742. The molecule has 2 aromatic carbocycles. The molecule has 0 fully saturated rings. The summed E-state index contributed by atoms with van der Waals surface area (Å²) in [5, 5.41) is 3.80. The van der Waals surface area contributed by atoms with Gasteiger partial charge in [-0.15, -0.1) is 0 Å². The zero-order chi connectivity index (χ0) is 23.0. The minimum atomic E-state index is -4.55. The summed E-state index contributed by atoms with van der Waals surface area (Å²) in [4.78, 5) is 16.5. The van der Waals surface area contributed by atoms with Gasteiger partial charge in [-0.05, 0) is 25.1 Å². The number of carbonyl (C=O) groups is 1. The molecule has 0 bridgehead atoms. The average Bonchev–Trinajstić information content (AvgIpc) is 3.11. The molecule has 0 saturated carbocycles. The van der Waals surface area contributed by atoms with E-state index in [4.69, 9.17) is 20.8 Å². The monoisotopic (exact) mass is 480 g/mol. The lowest BCUT2D eigenvalue weighted by atomic mass is 10.1. The molecular weight excluding hydrogens is 465 g/mol. The number of fused-ring (bicyclic) bond motifs is 3. The van der Waals surface area contributed by atoms with Gasteiger partial charge in [0.05, 0.1) is 28.6 Å². The van der Waals surface area contributed by atoms with E-state index >= 15 is 0 Å². The van der Waals surface area contributed by atoms with E-state index in [0.717, 1.165) is 28.6 Å². The van der Waals surface area contributed by atoms with Crippen LogP contribution in [0.25, 0.3) is 21.9 Å². The van der Waals surface area contributed by atoms with E-state index in [9.17, 15) is 18.0 Å². The van der Waals surface area contributed by atoms with E-state index < -0.39 is 22.9 Å². The Morgan fingerprint density at radius 3 is 2.62 bits per heavy atom. The number of pyridine rings is 1. The lowest BCUT2D eigenvalue weighted by Crippen LogP contribution is -2.23. The number of methoxy groups -OCH3 is 1. The van der Waals surface area contributed by atoms with E-state index in [-0.39, 0.29) is 10.0 Å². The zero-order valence-corrected chi connectivity index (χ0v) is 18.4. The molecule has 1 N–H and O–H groups in total. The maximum absolute atomic E-state index is 12.8. The van der Waals surface area contributed by atoms with Crippen molar-refractivity contribution >= 4 is 56.9 Å². The van der Waals surface area contributed by atoms with Crippen LogP contribution in [0.15, 0.2) is 58.1 Å². The third kappa shape index (κ3) is 4.35. The average molecular weight is 481 g/mol. The number of furan rings is 1. The van der Waals surface area contributed by atoms with Crippen LogP contribution >= 0.6 is 23.4 Å². The number of thioether (sulfide) groups is 1. The molecule has 0 aliphatic rings. The van der Waals surface area contributed by atoms with Crippen molar-refractivity contribution in [2.75, 3.05) is 12.4 Å². The van der Waals surface area contributed by atoms with Crippen LogP contribution in [0.1, 0.15) is 12.5 Å². The first-order chi connectivity index (χ1) is 15.2. The predicted molar refractivity (Wildman–Crippen MR) is 118 cm³/mol. The van der Waals surface area contributed by atoms with Crippen LogP contribution in [0.4, 0.5) is 18.9 Å². The molecule has 0 aliphatic carbocycles. The number of nitrogens with zero attached hydrogens (tertiary/aromatic N) is 1. The molecule has 1 unspecified atom stereocenters. The van der Waals surface area contributed by atoms with E-state index in [2.05, 4.69) is 10.3 Å². The first-order valence-electron chi connectivity index (χ1n) is 9.37. The van der Waals surface area contributed by atoms with E-state index in [1.165, 1.54) is 7.11 Å². The maximum atomic E-state index is 12.8. The topological polar surface area (TPSA) is 64.4 Å². The Labute approximate surface area is 189 Å². The van der Waals surface area contributed by atoms with Crippen LogP contribution in [0.5, 0.6) is 5.75 Å². The molecule has 1 atom stereocenters. The number of rotatable bonds is 5. The van der Waals surface area contributed by atoms with Crippen molar-refractivity contribution in [3.8, 4) is 5.75 Å². The molecule has 10 heteroatoms. The van der Waals surface area contributed by atoms with Gasteiger partial charge in [-0.2, -0.15) is 13.2 Å². The number of para-hydroxylation sites is 1. The number of hydrogen-bond acceptors (Lipinski definition) is 5. The third-order valence-electron chi connectivity index (χ3n) is 4.75. The van der Waals surface area contributed by atoms with Gasteiger partial charge in [0.2, 0.25) is 5.91 Å². The van der Waals surface area contributed by atoms with Crippen LogP contribution in [0.2, 0.25) is 5.02 Å². The Hall–Kier alpha value is -2.91. The first kappa shape index (κ1) is 22.3. The van der Waals surface area contributed by atoms with Crippen molar-refractivity contribution in [3.05, 3.63) is 59.2 Å².